The molecule has 0 fully saturated rings. The van der Waals surface area contributed by atoms with Gasteiger partial charge in [-0.2, -0.15) is 0 Å². The summed E-state index contributed by atoms with van der Waals surface area (Å²) in [6.45, 7) is 6.64. The lowest BCUT2D eigenvalue weighted by Crippen LogP contribution is -2.28. The molecule has 0 saturated heterocycles. The Morgan fingerprint density at radius 1 is 1.00 bits per heavy atom. The third-order valence-corrected chi connectivity index (χ3v) is 4.03. The van der Waals surface area contributed by atoms with Gasteiger partial charge in [0.1, 0.15) is 12.7 Å². The zero-order chi connectivity index (χ0) is 17.7. The quantitative estimate of drug-likeness (QED) is 0.825. The zero-order valence-corrected chi connectivity index (χ0v) is 15.2. The summed E-state index contributed by atoms with van der Waals surface area (Å²) in [5.41, 5.74) is 3.40. The van der Waals surface area contributed by atoms with Crippen LogP contribution in [0.3, 0.4) is 0 Å². The molecule has 0 radical (unpaired) electrons. The highest BCUT2D eigenvalue weighted by Crippen LogP contribution is 2.34. The van der Waals surface area contributed by atoms with E-state index < -0.39 is 0 Å². The molecule has 0 saturated carbocycles. The number of likely N-dealkylation sites (N-methyl/N-ethyl adjacent to an activating group) is 1. The van der Waals surface area contributed by atoms with Gasteiger partial charge >= 0.3 is 0 Å². The van der Waals surface area contributed by atoms with Crippen LogP contribution in [0.2, 0.25) is 0 Å². The van der Waals surface area contributed by atoms with Crippen molar-refractivity contribution in [3.8, 4) is 0 Å². The van der Waals surface area contributed by atoms with Gasteiger partial charge in [0, 0.05) is 14.1 Å². The maximum absolute atomic E-state index is 12.0. The van der Waals surface area contributed by atoms with Crippen LogP contribution >= 0.6 is 0 Å². The average Bonchev–Trinajstić information content (AvgIpc) is 2.55. The van der Waals surface area contributed by atoms with Gasteiger partial charge in [-0.25, -0.2) is 0 Å². The van der Waals surface area contributed by atoms with Crippen molar-refractivity contribution in [2.24, 2.45) is 0 Å². The minimum atomic E-state index is -0.259. The second-order valence-corrected chi connectivity index (χ2v) is 7.23. The second kappa shape index (κ2) is 7.63. The van der Waals surface area contributed by atoms with Gasteiger partial charge in [-0.1, -0.05) is 75.4 Å². The van der Waals surface area contributed by atoms with Gasteiger partial charge in [-0.05, 0) is 22.1 Å². The van der Waals surface area contributed by atoms with Gasteiger partial charge in [0.25, 0.3) is 0 Å². The smallest absolute Gasteiger partial charge is 0.248 e. The fraction of sp³-hybridized carbons (Fsp3) is 0.381. The Labute approximate surface area is 145 Å². The number of carbonyl (C=O) groups is 1. The predicted molar refractivity (Wildman–Crippen MR) is 98.1 cm³/mol. The lowest BCUT2D eigenvalue weighted by molar-refractivity contribution is -0.134. The Kier molecular flexibility index (Phi) is 5.79. The Bertz CT molecular complexity index is 672. The van der Waals surface area contributed by atoms with Crippen LogP contribution in [0.4, 0.5) is 0 Å². The third-order valence-electron chi connectivity index (χ3n) is 4.03. The van der Waals surface area contributed by atoms with Crippen LogP contribution in [0, 0.1) is 0 Å². The van der Waals surface area contributed by atoms with E-state index in [9.17, 15) is 4.79 Å². The molecule has 3 nitrogen and oxygen atoms in total. The van der Waals surface area contributed by atoms with E-state index in [-0.39, 0.29) is 24.0 Å². The van der Waals surface area contributed by atoms with Crippen molar-refractivity contribution in [2.75, 3.05) is 20.7 Å². The van der Waals surface area contributed by atoms with Gasteiger partial charge in [0.15, 0.2) is 0 Å². The molecule has 24 heavy (non-hydrogen) atoms. The molecular formula is C21H27NO2. The summed E-state index contributed by atoms with van der Waals surface area (Å²) >= 11 is 0. The van der Waals surface area contributed by atoms with E-state index in [0.29, 0.717) is 0 Å². The number of nitrogens with zero attached hydrogens (tertiary/aromatic N) is 1. The summed E-state index contributed by atoms with van der Waals surface area (Å²) in [5, 5.41) is 0. The van der Waals surface area contributed by atoms with Crippen molar-refractivity contribution in [1.29, 1.82) is 0 Å². The molecule has 0 aliphatic heterocycles. The monoisotopic (exact) mass is 325 g/mol. The fourth-order valence-electron chi connectivity index (χ4n) is 2.69. The minimum Gasteiger partial charge on any atom is -0.359 e. The van der Waals surface area contributed by atoms with E-state index in [0.717, 1.165) is 11.1 Å². The van der Waals surface area contributed by atoms with Crippen LogP contribution in [-0.2, 0) is 14.9 Å². The van der Waals surface area contributed by atoms with Gasteiger partial charge in [-0.3, -0.25) is 4.79 Å². The van der Waals surface area contributed by atoms with Crippen molar-refractivity contribution in [3.05, 3.63) is 71.3 Å². The molecule has 0 aromatic heterocycles. The van der Waals surface area contributed by atoms with Crippen LogP contribution < -0.4 is 0 Å². The molecule has 0 N–H and O–H groups in total. The molecule has 0 spiro atoms. The molecular weight excluding hydrogens is 298 g/mol. The molecule has 1 amide bonds. The standard InChI is InChI=1S/C21H27NO2/c1-21(2,3)18-14-10-9-13-17(18)20(16-11-7-6-8-12-16)24-15-19(23)22(4)5/h6-14,20H,15H2,1-5H3. The Morgan fingerprint density at radius 2 is 1.58 bits per heavy atom. The lowest BCUT2D eigenvalue weighted by atomic mass is 9.81. The summed E-state index contributed by atoms with van der Waals surface area (Å²) in [4.78, 5) is 13.5. The van der Waals surface area contributed by atoms with Crippen LogP contribution in [0.15, 0.2) is 54.6 Å². The van der Waals surface area contributed by atoms with E-state index >= 15 is 0 Å². The van der Waals surface area contributed by atoms with E-state index in [1.807, 2.05) is 36.4 Å². The molecule has 0 aliphatic rings. The van der Waals surface area contributed by atoms with Crippen LogP contribution in [0.1, 0.15) is 43.6 Å². The third kappa shape index (κ3) is 4.45. The molecule has 2 aromatic carbocycles. The molecule has 0 bridgehead atoms. The van der Waals surface area contributed by atoms with E-state index in [2.05, 4.69) is 39.0 Å². The number of rotatable bonds is 5. The molecule has 0 aliphatic carbocycles. The first kappa shape index (κ1) is 18.2. The van der Waals surface area contributed by atoms with Crippen LogP contribution in [0.5, 0.6) is 0 Å². The number of ether oxygens (including phenoxy) is 1. The maximum atomic E-state index is 12.0. The summed E-state index contributed by atoms with van der Waals surface area (Å²) in [5.74, 6) is -0.0378. The molecule has 128 valence electrons. The number of hydrogen-bond donors (Lipinski definition) is 0. The van der Waals surface area contributed by atoms with Crippen LogP contribution in [-0.4, -0.2) is 31.5 Å². The highest BCUT2D eigenvalue weighted by atomic mass is 16.5. The van der Waals surface area contributed by atoms with Gasteiger partial charge < -0.3 is 9.64 Å². The first-order valence-electron chi connectivity index (χ1n) is 8.27. The van der Waals surface area contributed by atoms with Gasteiger partial charge in [-0.15, -0.1) is 0 Å². The SMILES string of the molecule is CN(C)C(=O)COC(c1ccccc1)c1ccccc1C(C)(C)C. The number of hydrogen-bond acceptors (Lipinski definition) is 2. The van der Waals surface area contributed by atoms with Crippen molar-refractivity contribution < 1.29 is 9.53 Å². The van der Waals surface area contributed by atoms with E-state index in [1.54, 1.807) is 19.0 Å². The topological polar surface area (TPSA) is 29.5 Å². The highest BCUT2D eigenvalue weighted by molar-refractivity contribution is 5.76. The Hall–Kier alpha value is -2.13. The minimum absolute atomic E-state index is 0.00145. The molecule has 1 atom stereocenters. The first-order chi connectivity index (χ1) is 11.3. The summed E-state index contributed by atoms with van der Waals surface area (Å²) in [6, 6.07) is 18.4. The normalized spacial score (nSPS) is 12.7. The van der Waals surface area contributed by atoms with Crippen molar-refractivity contribution in [2.45, 2.75) is 32.3 Å². The maximum Gasteiger partial charge on any atom is 0.248 e. The lowest BCUT2D eigenvalue weighted by Gasteiger charge is -2.28. The number of carbonyl (C=O) groups excluding carboxylic acids is 1. The van der Waals surface area contributed by atoms with Crippen molar-refractivity contribution in [3.63, 3.8) is 0 Å². The molecule has 2 aromatic rings. The number of amides is 1. The molecule has 0 heterocycles. The predicted octanol–water partition coefficient (Wildman–Crippen LogP) is 4.18. The van der Waals surface area contributed by atoms with Gasteiger partial charge in [0.2, 0.25) is 5.91 Å². The summed E-state index contributed by atoms with van der Waals surface area (Å²) in [7, 11) is 3.48. The Morgan fingerprint density at radius 3 is 2.17 bits per heavy atom. The molecule has 1 unspecified atom stereocenters. The Balaban J connectivity index is 2.42. The zero-order valence-electron chi connectivity index (χ0n) is 15.2. The largest absolute Gasteiger partial charge is 0.359 e. The number of benzene rings is 2. The summed E-state index contributed by atoms with van der Waals surface area (Å²) in [6.07, 6.45) is -0.259. The van der Waals surface area contributed by atoms with Crippen molar-refractivity contribution >= 4 is 5.91 Å². The van der Waals surface area contributed by atoms with Crippen molar-refractivity contribution in [1.82, 2.24) is 4.90 Å². The van der Waals surface area contributed by atoms with E-state index in [1.165, 1.54) is 5.56 Å². The second-order valence-electron chi connectivity index (χ2n) is 7.23. The molecule has 2 rings (SSSR count). The fourth-order valence-corrected chi connectivity index (χ4v) is 2.69. The molecule has 3 heteroatoms. The highest BCUT2D eigenvalue weighted by Gasteiger charge is 2.25. The van der Waals surface area contributed by atoms with E-state index in [4.69, 9.17) is 4.74 Å². The summed E-state index contributed by atoms with van der Waals surface area (Å²) < 4.78 is 6.08. The average molecular weight is 325 g/mol. The first-order valence-corrected chi connectivity index (χ1v) is 8.27. The van der Waals surface area contributed by atoms with Gasteiger partial charge in [0.05, 0.1) is 0 Å². The van der Waals surface area contributed by atoms with Crippen LogP contribution in [0.25, 0.3) is 0 Å².